The van der Waals surface area contributed by atoms with E-state index in [0.717, 1.165) is 35.1 Å². The summed E-state index contributed by atoms with van der Waals surface area (Å²) in [6.45, 7) is 4.83. The first kappa shape index (κ1) is 14.1. The minimum atomic E-state index is 0.125. The maximum Gasteiger partial charge on any atom is 0.174 e. The Balaban J connectivity index is 2.04. The molecule has 6 heteroatoms. The third-order valence-corrected chi connectivity index (χ3v) is 5.08. The van der Waals surface area contributed by atoms with E-state index in [4.69, 9.17) is 10.9 Å². The predicted molar refractivity (Wildman–Crippen MR) is 81.7 cm³/mol. The summed E-state index contributed by atoms with van der Waals surface area (Å²) in [7, 11) is 0. The molecule has 2 fully saturated rings. The topological polar surface area (TPSA) is 87.6 Å². The number of hydrogen-bond acceptors (Lipinski definition) is 5. The van der Waals surface area contributed by atoms with Gasteiger partial charge in [-0.25, -0.2) is 0 Å². The zero-order chi connectivity index (χ0) is 15.0. The highest BCUT2D eigenvalue weighted by atomic mass is 16.4. The van der Waals surface area contributed by atoms with Gasteiger partial charge in [-0.15, -0.1) is 5.10 Å². The third kappa shape index (κ3) is 2.32. The first-order chi connectivity index (χ1) is 10.1. The monoisotopic (exact) mass is 289 g/mol. The third-order valence-electron chi connectivity index (χ3n) is 5.08. The van der Waals surface area contributed by atoms with Gasteiger partial charge in [0.2, 0.25) is 0 Å². The minimum Gasteiger partial charge on any atom is -0.409 e. The second-order valence-corrected chi connectivity index (χ2v) is 6.19. The lowest BCUT2D eigenvalue weighted by Crippen LogP contribution is -2.37. The normalized spacial score (nSPS) is 26.0. The molecule has 0 spiro atoms. The van der Waals surface area contributed by atoms with E-state index in [1.54, 1.807) is 0 Å². The van der Waals surface area contributed by atoms with E-state index in [1.807, 2.05) is 13.8 Å². The summed E-state index contributed by atoms with van der Waals surface area (Å²) in [6.07, 6.45) is 6.32. The van der Waals surface area contributed by atoms with Crippen molar-refractivity contribution in [3.63, 3.8) is 0 Å². The number of nitrogens with two attached hydrogens (primary N) is 1. The van der Waals surface area contributed by atoms with Gasteiger partial charge in [0.05, 0.1) is 11.3 Å². The first-order valence-electron chi connectivity index (χ1n) is 7.72. The van der Waals surface area contributed by atoms with Crippen LogP contribution in [0.4, 0.5) is 5.82 Å². The van der Waals surface area contributed by atoms with Gasteiger partial charge in [-0.2, -0.15) is 5.10 Å². The number of aryl methyl sites for hydroxylation is 1. The van der Waals surface area contributed by atoms with Crippen LogP contribution < -0.4 is 10.6 Å². The van der Waals surface area contributed by atoms with Gasteiger partial charge < -0.3 is 15.8 Å². The smallest absolute Gasteiger partial charge is 0.174 e. The number of hydrogen-bond donors (Lipinski definition) is 2. The highest BCUT2D eigenvalue weighted by Gasteiger charge is 2.38. The van der Waals surface area contributed by atoms with E-state index in [2.05, 4.69) is 20.3 Å². The molecule has 1 aromatic heterocycles. The van der Waals surface area contributed by atoms with Gasteiger partial charge in [-0.3, -0.25) is 0 Å². The van der Waals surface area contributed by atoms with Gasteiger partial charge in [0, 0.05) is 12.6 Å². The molecule has 2 atom stereocenters. The van der Waals surface area contributed by atoms with Gasteiger partial charge in [0.1, 0.15) is 0 Å². The molecule has 1 saturated heterocycles. The Kier molecular flexibility index (Phi) is 3.69. The first-order valence-corrected chi connectivity index (χ1v) is 7.72. The fourth-order valence-corrected chi connectivity index (χ4v) is 3.82. The van der Waals surface area contributed by atoms with E-state index in [0.29, 0.717) is 6.04 Å². The number of anilines is 1. The summed E-state index contributed by atoms with van der Waals surface area (Å²) in [5.41, 5.74) is 8.40. The van der Waals surface area contributed by atoms with Gasteiger partial charge >= 0.3 is 0 Å². The maximum atomic E-state index is 9.10. The van der Waals surface area contributed by atoms with Crippen LogP contribution in [0.1, 0.15) is 48.9 Å². The largest absolute Gasteiger partial charge is 0.409 e. The second-order valence-electron chi connectivity index (χ2n) is 6.19. The van der Waals surface area contributed by atoms with Crippen molar-refractivity contribution in [1.82, 2.24) is 10.2 Å². The van der Waals surface area contributed by atoms with Crippen molar-refractivity contribution in [2.24, 2.45) is 16.8 Å². The maximum absolute atomic E-state index is 9.10. The quantitative estimate of drug-likeness (QED) is 0.376. The zero-order valence-corrected chi connectivity index (χ0v) is 12.7. The average molecular weight is 289 g/mol. The number of oxime groups is 1. The molecule has 2 aliphatic rings. The molecule has 2 unspecified atom stereocenters. The predicted octanol–water partition coefficient (Wildman–Crippen LogP) is 1.96. The van der Waals surface area contributed by atoms with Crippen LogP contribution in [0.25, 0.3) is 0 Å². The second kappa shape index (κ2) is 5.50. The van der Waals surface area contributed by atoms with E-state index >= 15 is 0 Å². The summed E-state index contributed by atoms with van der Waals surface area (Å²) in [6, 6.07) is 0.528. The van der Waals surface area contributed by atoms with Crippen molar-refractivity contribution in [1.29, 1.82) is 0 Å². The van der Waals surface area contributed by atoms with E-state index in [1.165, 1.54) is 32.1 Å². The number of fused-ring (bicyclic) bond motifs is 1. The molecule has 0 aromatic carbocycles. The van der Waals surface area contributed by atoms with Crippen LogP contribution in [0.15, 0.2) is 5.16 Å². The van der Waals surface area contributed by atoms with E-state index in [9.17, 15) is 0 Å². The fraction of sp³-hybridized carbons (Fsp3) is 0.667. The molecule has 1 aliphatic carbocycles. The molecule has 6 nitrogen and oxygen atoms in total. The highest BCUT2D eigenvalue weighted by Crippen LogP contribution is 2.39. The molecule has 1 aromatic rings. The molecule has 3 N–H and O–H groups in total. The van der Waals surface area contributed by atoms with Crippen LogP contribution in [0.3, 0.4) is 0 Å². The van der Waals surface area contributed by atoms with Crippen LogP contribution in [-0.2, 0) is 0 Å². The Bertz CT molecular complexity index is 571. The lowest BCUT2D eigenvalue weighted by Gasteiger charge is -2.33. The SMILES string of the molecule is Cc1nnc(N2CCC3CCCCC32)c(C(N)=NO)c1C. The molecule has 3 rings (SSSR count). The number of aromatic nitrogens is 2. The Hall–Kier alpha value is -1.85. The van der Waals surface area contributed by atoms with Crippen molar-refractivity contribution >= 4 is 11.7 Å². The minimum absolute atomic E-state index is 0.125. The molecule has 0 radical (unpaired) electrons. The molecule has 1 aliphatic heterocycles. The lowest BCUT2D eigenvalue weighted by molar-refractivity contribution is 0.318. The van der Waals surface area contributed by atoms with E-state index < -0.39 is 0 Å². The summed E-state index contributed by atoms with van der Waals surface area (Å²) in [4.78, 5) is 2.33. The molecule has 0 amide bonds. The lowest BCUT2D eigenvalue weighted by atomic mass is 9.85. The van der Waals surface area contributed by atoms with Crippen LogP contribution in [-0.4, -0.2) is 33.8 Å². The van der Waals surface area contributed by atoms with Crippen molar-refractivity contribution < 1.29 is 5.21 Å². The van der Waals surface area contributed by atoms with Crippen molar-refractivity contribution in [3.05, 3.63) is 16.8 Å². The van der Waals surface area contributed by atoms with Crippen LogP contribution in [0, 0.1) is 19.8 Å². The number of rotatable bonds is 2. The Morgan fingerprint density at radius 2 is 2.00 bits per heavy atom. The average Bonchev–Trinajstić information content (AvgIpc) is 2.93. The van der Waals surface area contributed by atoms with Gasteiger partial charge in [-0.05, 0) is 44.6 Å². The molecule has 0 bridgehead atoms. The summed E-state index contributed by atoms with van der Waals surface area (Å²) >= 11 is 0. The van der Waals surface area contributed by atoms with Crippen molar-refractivity contribution in [2.45, 2.75) is 52.0 Å². The summed E-state index contributed by atoms with van der Waals surface area (Å²) in [5.74, 6) is 1.66. The fourth-order valence-electron chi connectivity index (χ4n) is 3.82. The number of amidine groups is 1. The molecule has 2 heterocycles. The van der Waals surface area contributed by atoms with Gasteiger partial charge in [0.25, 0.3) is 0 Å². The molecule has 21 heavy (non-hydrogen) atoms. The summed E-state index contributed by atoms with van der Waals surface area (Å²) in [5, 5.41) is 20.9. The van der Waals surface area contributed by atoms with Crippen LogP contribution in [0.5, 0.6) is 0 Å². The highest BCUT2D eigenvalue weighted by molar-refractivity contribution is 6.02. The summed E-state index contributed by atoms with van der Waals surface area (Å²) < 4.78 is 0. The van der Waals surface area contributed by atoms with Gasteiger partial charge in [0.15, 0.2) is 11.7 Å². The molecule has 114 valence electrons. The Morgan fingerprint density at radius 3 is 2.76 bits per heavy atom. The Morgan fingerprint density at radius 1 is 1.24 bits per heavy atom. The zero-order valence-electron chi connectivity index (χ0n) is 12.7. The number of nitrogens with zero attached hydrogens (tertiary/aromatic N) is 4. The van der Waals surface area contributed by atoms with Crippen LogP contribution >= 0.6 is 0 Å². The molecular weight excluding hydrogens is 266 g/mol. The van der Waals surface area contributed by atoms with Crippen LogP contribution in [0.2, 0.25) is 0 Å². The molecule has 1 saturated carbocycles. The van der Waals surface area contributed by atoms with E-state index in [-0.39, 0.29) is 5.84 Å². The van der Waals surface area contributed by atoms with Crippen molar-refractivity contribution in [2.75, 3.05) is 11.4 Å². The van der Waals surface area contributed by atoms with Crippen molar-refractivity contribution in [3.8, 4) is 0 Å². The van der Waals surface area contributed by atoms with Gasteiger partial charge in [-0.1, -0.05) is 18.0 Å². The molecular formula is C15H23N5O. The Labute approximate surface area is 125 Å². The standard InChI is InChI=1S/C15H23N5O/c1-9-10(2)17-18-15(13(9)14(16)19-21)20-8-7-11-5-3-4-6-12(11)20/h11-12,21H,3-8H2,1-2H3,(H2,16,19).